The highest BCUT2D eigenvalue weighted by Gasteiger charge is 2.22. The Balaban J connectivity index is 1.72. The van der Waals surface area contributed by atoms with Gasteiger partial charge in [0.05, 0.1) is 25.4 Å². The molecule has 0 spiro atoms. The molecule has 1 saturated heterocycles. The highest BCUT2D eigenvalue weighted by atomic mass is 16.5. The number of rotatable bonds is 3. The first kappa shape index (κ1) is 12.9. The third-order valence-electron chi connectivity index (χ3n) is 2.72. The van der Waals surface area contributed by atoms with Crippen LogP contribution in [0.25, 0.3) is 0 Å². The van der Waals surface area contributed by atoms with Gasteiger partial charge in [-0.25, -0.2) is 4.79 Å². The predicted octanol–water partition coefficient (Wildman–Crippen LogP) is 1.06. The molecule has 0 aliphatic carbocycles. The van der Waals surface area contributed by atoms with E-state index in [1.54, 1.807) is 0 Å². The van der Waals surface area contributed by atoms with Crippen molar-refractivity contribution in [3.8, 4) is 0 Å². The molecule has 0 aromatic heterocycles. The van der Waals surface area contributed by atoms with Crippen LogP contribution in [-0.4, -0.2) is 36.6 Å². The normalized spacial score (nSPS) is 23.4. The van der Waals surface area contributed by atoms with Gasteiger partial charge in [-0.3, -0.25) is 0 Å². The Kier molecular flexibility index (Phi) is 4.55. The van der Waals surface area contributed by atoms with Crippen LogP contribution in [0.3, 0.4) is 0 Å². The van der Waals surface area contributed by atoms with Crippen LogP contribution in [0.4, 0.5) is 4.79 Å². The lowest BCUT2D eigenvalue weighted by Gasteiger charge is -2.26. The highest BCUT2D eigenvalue weighted by molar-refractivity contribution is 5.67. The quantitative estimate of drug-likeness (QED) is 0.843. The largest absolute Gasteiger partial charge is 0.445 e. The van der Waals surface area contributed by atoms with Crippen LogP contribution in [0.1, 0.15) is 12.0 Å². The van der Waals surface area contributed by atoms with Crippen molar-refractivity contribution in [2.45, 2.75) is 25.2 Å². The fraction of sp³-hybridized carbons (Fsp3) is 0.462. The van der Waals surface area contributed by atoms with Gasteiger partial charge in [-0.05, 0) is 12.0 Å². The van der Waals surface area contributed by atoms with Gasteiger partial charge in [0.2, 0.25) is 0 Å². The second kappa shape index (κ2) is 6.37. The number of alkyl carbamates (subject to hydrolysis) is 1. The summed E-state index contributed by atoms with van der Waals surface area (Å²) in [5.74, 6) is 0. The second-order valence-electron chi connectivity index (χ2n) is 4.33. The summed E-state index contributed by atoms with van der Waals surface area (Å²) in [6.45, 7) is 0.984. The molecule has 1 unspecified atom stereocenters. The number of carbonyl (C=O) groups excluding carboxylic acids is 1. The maximum Gasteiger partial charge on any atom is 0.407 e. The molecule has 1 amide bonds. The van der Waals surface area contributed by atoms with Crippen molar-refractivity contribution >= 4 is 6.09 Å². The SMILES string of the molecule is O=C(NC1COC[C@@H](O)C1)OCc1ccccc1. The van der Waals surface area contributed by atoms with E-state index in [1.165, 1.54) is 0 Å². The Morgan fingerprint density at radius 1 is 1.39 bits per heavy atom. The van der Waals surface area contributed by atoms with Crippen LogP contribution in [0.15, 0.2) is 30.3 Å². The van der Waals surface area contributed by atoms with E-state index in [4.69, 9.17) is 9.47 Å². The zero-order chi connectivity index (χ0) is 12.8. The van der Waals surface area contributed by atoms with Gasteiger partial charge in [-0.15, -0.1) is 0 Å². The lowest BCUT2D eigenvalue weighted by atomic mass is 10.1. The minimum absolute atomic E-state index is 0.183. The second-order valence-corrected chi connectivity index (χ2v) is 4.33. The van der Waals surface area contributed by atoms with Crippen LogP contribution >= 0.6 is 0 Å². The van der Waals surface area contributed by atoms with Crippen molar-refractivity contribution < 1.29 is 19.4 Å². The summed E-state index contributed by atoms with van der Waals surface area (Å²) >= 11 is 0. The molecule has 0 bridgehead atoms. The molecule has 0 radical (unpaired) electrons. The number of aliphatic hydroxyl groups is 1. The number of benzene rings is 1. The molecular formula is C13H17NO4. The molecule has 1 fully saturated rings. The van der Waals surface area contributed by atoms with E-state index < -0.39 is 12.2 Å². The molecule has 1 aromatic rings. The number of nitrogens with one attached hydrogen (secondary N) is 1. The number of carbonyl (C=O) groups is 1. The summed E-state index contributed by atoms with van der Waals surface area (Å²) in [7, 11) is 0. The first-order valence-corrected chi connectivity index (χ1v) is 5.97. The number of amides is 1. The molecule has 98 valence electrons. The van der Waals surface area contributed by atoms with Gasteiger partial charge in [0.15, 0.2) is 0 Å². The predicted molar refractivity (Wildman–Crippen MR) is 65.0 cm³/mol. The summed E-state index contributed by atoms with van der Waals surface area (Å²) in [5, 5.41) is 12.1. The van der Waals surface area contributed by atoms with Crippen LogP contribution in [-0.2, 0) is 16.1 Å². The minimum atomic E-state index is -0.516. The van der Waals surface area contributed by atoms with E-state index in [9.17, 15) is 9.90 Å². The molecule has 1 aliphatic heterocycles. The average molecular weight is 251 g/mol. The minimum Gasteiger partial charge on any atom is -0.445 e. The zero-order valence-corrected chi connectivity index (χ0v) is 10.0. The fourth-order valence-corrected chi connectivity index (χ4v) is 1.84. The molecule has 5 nitrogen and oxygen atoms in total. The van der Waals surface area contributed by atoms with Gasteiger partial charge in [0.1, 0.15) is 6.61 Å². The molecular weight excluding hydrogens is 234 g/mol. The zero-order valence-electron chi connectivity index (χ0n) is 10.0. The fourth-order valence-electron chi connectivity index (χ4n) is 1.84. The number of ether oxygens (including phenoxy) is 2. The van der Waals surface area contributed by atoms with Gasteiger partial charge < -0.3 is 19.9 Å². The molecule has 1 aromatic carbocycles. The van der Waals surface area contributed by atoms with Crippen molar-refractivity contribution in [3.63, 3.8) is 0 Å². The van der Waals surface area contributed by atoms with Crippen molar-refractivity contribution in [1.82, 2.24) is 5.32 Å². The van der Waals surface area contributed by atoms with E-state index in [-0.39, 0.29) is 12.6 Å². The summed E-state index contributed by atoms with van der Waals surface area (Å²) in [6, 6.07) is 9.28. The van der Waals surface area contributed by atoms with Crippen LogP contribution in [0.2, 0.25) is 0 Å². The molecule has 2 rings (SSSR count). The van der Waals surface area contributed by atoms with E-state index in [0.717, 1.165) is 5.56 Å². The third kappa shape index (κ3) is 4.01. The Morgan fingerprint density at radius 2 is 2.17 bits per heavy atom. The van der Waals surface area contributed by atoms with Gasteiger partial charge in [0, 0.05) is 0 Å². The van der Waals surface area contributed by atoms with E-state index in [0.29, 0.717) is 19.6 Å². The van der Waals surface area contributed by atoms with Crippen LogP contribution < -0.4 is 5.32 Å². The highest BCUT2D eigenvalue weighted by Crippen LogP contribution is 2.07. The maximum absolute atomic E-state index is 11.5. The smallest absolute Gasteiger partial charge is 0.407 e. The van der Waals surface area contributed by atoms with E-state index >= 15 is 0 Å². The van der Waals surface area contributed by atoms with E-state index in [1.807, 2.05) is 30.3 Å². The molecule has 1 aliphatic rings. The van der Waals surface area contributed by atoms with Crippen molar-refractivity contribution in [2.75, 3.05) is 13.2 Å². The molecule has 2 atom stereocenters. The summed E-state index contributed by atoms with van der Waals surface area (Å²) in [4.78, 5) is 11.5. The Labute approximate surface area is 106 Å². The Bertz CT molecular complexity index is 382. The maximum atomic E-state index is 11.5. The lowest BCUT2D eigenvalue weighted by molar-refractivity contribution is -0.0228. The monoisotopic (exact) mass is 251 g/mol. The first-order chi connectivity index (χ1) is 8.74. The summed E-state index contributed by atoms with van der Waals surface area (Å²) < 4.78 is 10.2. The van der Waals surface area contributed by atoms with Crippen molar-refractivity contribution in [3.05, 3.63) is 35.9 Å². The molecule has 2 N–H and O–H groups in total. The Hall–Kier alpha value is -1.59. The van der Waals surface area contributed by atoms with Gasteiger partial charge in [-0.1, -0.05) is 30.3 Å². The summed E-state index contributed by atoms with van der Waals surface area (Å²) in [6.07, 6.45) is -0.500. The molecule has 1 heterocycles. The topological polar surface area (TPSA) is 67.8 Å². The van der Waals surface area contributed by atoms with E-state index in [2.05, 4.69) is 5.32 Å². The van der Waals surface area contributed by atoms with Crippen LogP contribution in [0, 0.1) is 0 Å². The molecule has 0 saturated carbocycles. The van der Waals surface area contributed by atoms with Crippen molar-refractivity contribution in [2.24, 2.45) is 0 Å². The van der Waals surface area contributed by atoms with Crippen LogP contribution in [0.5, 0.6) is 0 Å². The number of hydrogen-bond acceptors (Lipinski definition) is 4. The van der Waals surface area contributed by atoms with Crippen molar-refractivity contribution in [1.29, 1.82) is 0 Å². The number of hydrogen-bond donors (Lipinski definition) is 2. The Morgan fingerprint density at radius 3 is 2.89 bits per heavy atom. The first-order valence-electron chi connectivity index (χ1n) is 5.97. The third-order valence-corrected chi connectivity index (χ3v) is 2.72. The lowest BCUT2D eigenvalue weighted by Crippen LogP contribution is -2.45. The summed E-state index contributed by atoms with van der Waals surface area (Å²) in [5.41, 5.74) is 0.938. The van der Waals surface area contributed by atoms with Gasteiger partial charge in [-0.2, -0.15) is 0 Å². The molecule has 5 heteroatoms. The van der Waals surface area contributed by atoms with Gasteiger partial charge >= 0.3 is 6.09 Å². The average Bonchev–Trinajstić information content (AvgIpc) is 2.38. The standard InChI is InChI=1S/C13H17NO4/c15-12-6-11(8-17-9-12)14-13(16)18-7-10-4-2-1-3-5-10/h1-5,11-12,15H,6-9H2,(H,14,16)/t11?,12-/m0/s1. The number of aliphatic hydroxyl groups excluding tert-OH is 1. The van der Waals surface area contributed by atoms with Gasteiger partial charge in [0.25, 0.3) is 0 Å². The molecule has 18 heavy (non-hydrogen) atoms.